The first-order valence-electron chi connectivity index (χ1n) is 4.83. The van der Waals surface area contributed by atoms with Crippen molar-refractivity contribution in [3.05, 3.63) is 0 Å². The lowest BCUT2D eigenvalue weighted by Gasteiger charge is -2.25. The molecule has 0 heterocycles. The van der Waals surface area contributed by atoms with Crippen LogP contribution in [0.25, 0.3) is 0 Å². The Morgan fingerprint density at radius 2 is 1.46 bits per heavy atom. The summed E-state index contributed by atoms with van der Waals surface area (Å²) in [5.74, 6) is 0. The molecule has 0 saturated carbocycles. The molecule has 0 aliphatic heterocycles. The molecule has 0 amide bonds. The maximum atomic E-state index is 5.79. The van der Waals surface area contributed by atoms with Crippen LogP contribution in [0.15, 0.2) is 0 Å². The van der Waals surface area contributed by atoms with E-state index in [2.05, 4.69) is 0 Å². The van der Waals surface area contributed by atoms with Crippen LogP contribution in [0.2, 0.25) is 0 Å². The minimum absolute atomic E-state index is 0.0967. The zero-order chi connectivity index (χ0) is 10.5. The van der Waals surface area contributed by atoms with Gasteiger partial charge in [0.2, 0.25) is 0 Å². The van der Waals surface area contributed by atoms with Crippen molar-refractivity contribution in [2.75, 3.05) is 13.2 Å². The molecule has 1 atom stereocenters. The molecule has 2 N–H and O–H groups in total. The van der Waals surface area contributed by atoms with Crippen molar-refractivity contribution in [1.29, 1.82) is 0 Å². The SMILES string of the molecule is CCC(C)(N)OCCOC(C)(C)C. The molecule has 0 rings (SSSR count). The summed E-state index contributed by atoms with van der Waals surface area (Å²) in [5, 5.41) is 0. The summed E-state index contributed by atoms with van der Waals surface area (Å²) in [4.78, 5) is 0. The Labute approximate surface area is 81.6 Å². The Kier molecular flexibility index (Phi) is 4.89. The molecule has 1 unspecified atom stereocenters. The highest BCUT2D eigenvalue weighted by Gasteiger charge is 2.16. The highest BCUT2D eigenvalue weighted by atomic mass is 16.5. The van der Waals surface area contributed by atoms with Gasteiger partial charge in [-0.1, -0.05) is 6.92 Å². The average molecular weight is 189 g/mol. The Hall–Kier alpha value is -0.120. The third-order valence-electron chi connectivity index (χ3n) is 1.75. The van der Waals surface area contributed by atoms with Gasteiger partial charge in [0.1, 0.15) is 5.72 Å². The lowest BCUT2D eigenvalue weighted by molar-refractivity contribution is -0.0841. The zero-order valence-electron chi connectivity index (χ0n) is 9.52. The number of nitrogens with two attached hydrogens (primary N) is 1. The summed E-state index contributed by atoms with van der Waals surface area (Å²) < 4.78 is 10.9. The van der Waals surface area contributed by atoms with Crippen LogP contribution in [0.4, 0.5) is 0 Å². The van der Waals surface area contributed by atoms with E-state index in [0.29, 0.717) is 13.2 Å². The fourth-order valence-electron chi connectivity index (χ4n) is 0.725. The minimum Gasteiger partial charge on any atom is -0.373 e. The topological polar surface area (TPSA) is 44.5 Å². The van der Waals surface area contributed by atoms with Crippen LogP contribution >= 0.6 is 0 Å². The van der Waals surface area contributed by atoms with Gasteiger partial charge in [-0.2, -0.15) is 0 Å². The molecule has 0 aromatic rings. The molecule has 0 bridgehead atoms. The summed E-state index contributed by atoms with van der Waals surface area (Å²) >= 11 is 0. The molecule has 0 fully saturated rings. The first-order chi connectivity index (χ1) is 5.77. The number of rotatable bonds is 5. The summed E-state index contributed by atoms with van der Waals surface area (Å²) in [7, 11) is 0. The second kappa shape index (κ2) is 4.94. The quantitative estimate of drug-likeness (QED) is 0.530. The van der Waals surface area contributed by atoms with Gasteiger partial charge in [0, 0.05) is 0 Å². The van der Waals surface area contributed by atoms with E-state index in [1.165, 1.54) is 0 Å². The van der Waals surface area contributed by atoms with Gasteiger partial charge < -0.3 is 15.2 Å². The Balaban J connectivity index is 3.47. The van der Waals surface area contributed by atoms with Crippen LogP contribution in [-0.2, 0) is 9.47 Å². The van der Waals surface area contributed by atoms with Gasteiger partial charge >= 0.3 is 0 Å². The first kappa shape index (κ1) is 12.9. The molecule has 3 heteroatoms. The summed E-state index contributed by atoms with van der Waals surface area (Å²) in [6.07, 6.45) is 0.808. The smallest absolute Gasteiger partial charge is 0.113 e. The summed E-state index contributed by atoms with van der Waals surface area (Å²) in [5.41, 5.74) is 5.18. The van der Waals surface area contributed by atoms with E-state index in [9.17, 15) is 0 Å². The van der Waals surface area contributed by atoms with Crippen LogP contribution in [-0.4, -0.2) is 24.5 Å². The van der Waals surface area contributed by atoms with Gasteiger partial charge in [0.05, 0.1) is 18.8 Å². The molecule has 80 valence electrons. The van der Waals surface area contributed by atoms with E-state index < -0.39 is 5.72 Å². The highest BCUT2D eigenvalue weighted by Crippen LogP contribution is 2.09. The van der Waals surface area contributed by atoms with E-state index in [1.807, 2.05) is 34.6 Å². The molecule has 0 aliphatic carbocycles. The predicted octanol–water partition coefficient (Wildman–Crippen LogP) is 1.90. The molecule has 0 radical (unpaired) electrons. The van der Waals surface area contributed by atoms with Gasteiger partial charge in [-0.05, 0) is 34.1 Å². The number of ether oxygens (including phenoxy) is 2. The van der Waals surface area contributed by atoms with Crippen LogP contribution in [0.1, 0.15) is 41.0 Å². The molecule has 0 aromatic carbocycles. The van der Waals surface area contributed by atoms with Gasteiger partial charge in [0.15, 0.2) is 0 Å². The molecule has 0 aromatic heterocycles. The van der Waals surface area contributed by atoms with Gasteiger partial charge in [-0.25, -0.2) is 0 Å². The van der Waals surface area contributed by atoms with Crippen LogP contribution in [0.5, 0.6) is 0 Å². The van der Waals surface area contributed by atoms with E-state index in [0.717, 1.165) is 6.42 Å². The molecule has 3 nitrogen and oxygen atoms in total. The van der Waals surface area contributed by atoms with Crippen molar-refractivity contribution in [1.82, 2.24) is 0 Å². The highest BCUT2D eigenvalue weighted by molar-refractivity contribution is 4.63. The molecule has 0 spiro atoms. The van der Waals surface area contributed by atoms with Gasteiger partial charge in [-0.3, -0.25) is 0 Å². The van der Waals surface area contributed by atoms with Crippen LogP contribution in [0, 0.1) is 0 Å². The predicted molar refractivity (Wildman–Crippen MR) is 54.5 cm³/mol. The minimum atomic E-state index is -0.513. The standard InChI is InChI=1S/C10H23NO2/c1-6-10(5,11)13-8-7-12-9(2,3)4/h6-8,11H2,1-5H3. The maximum Gasteiger partial charge on any atom is 0.113 e. The van der Waals surface area contributed by atoms with E-state index in [1.54, 1.807) is 0 Å². The van der Waals surface area contributed by atoms with Crippen molar-refractivity contribution in [2.45, 2.75) is 52.4 Å². The lowest BCUT2D eigenvalue weighted by atomic mass is 10.2. The normalized spacial score (nSPS) is 17.1. The number of hydrogen-bond donors (Lipinski definition) is 1. The zero-order valence-corrected chi connectivity index (χ0v) is 9.52. The Bertz CT molecular complexity index is 138. The summed E-state index contributed by atoms with van der Waals surface area (Å²) in [6.45, 7) is 11.1. The lowest BCUT2D eigenvalue weighted by Crippen LogP contribution is -2.39. The molecular weight excluding hydrogens is 166 g/mol. The monoisotopic (exact) mass is 189 g/mol. The van der Waals surface area contributed by atoms with E-state index in [4.69, 9.17) is 15.2 Å². The third kappa shape index (κ3) is 8.22. The van der Waals surface area contributed by atoms with Gasteiger partial charge in [-0.15, -0.1) is 0 Å². The largest absolute Gasteiger partial charge is 0.373 e. The van der Waals surface area contributed by atoms with Crippen molar-refractivity contribution >= 4 is 0 Å². The molecule has 0 saturated heterocycles. The van der Waals surface area contributed by atoms with Crippen molar-refractivity contribution in [3.63, 3.8) is 0 Å². The van der Waals surface area contributed by atoms with Crippen LogP contribution < -0.4 is 5.73 Å². The fourth-order valence-corrected chi connectivity index (χ4v) is 0.725. The third-order valence-corrected chi connectivity index (χ3v) is 1.75. The average Bonchev–Trinajstić information content (AvgIpc) is 1.97. The Morgan fingerprint density at radius 1 is 1.00 bits per heavy atom. The molecule has 13 heavy (non-hydrogen) atoms. The van der Waals surface area contributed by atoms with E-state index >= 15 is 0 Å². The first-order valence-corrected chi connectivity index (χ1v) is 4.83. The van der Waals surface area contributed by atoms with E-state index in [-0.39, 0.29) is 5.60 Å². The van der Waals surface area contributed by atoms with Crippen molar-refractivity contribution < 1.29 is 9.47 Å². The van der Waals surface area contributed by atoms with Crippen molar-refractivity contribution in [2.24, 2.45) is 5.73 Å². The van der Waals surface area contributed by atoms with Gasteiger partial charge in [0.25, 0.3) is 0 Å². The Morgan fingerprint density at radius 3 is 1.85 bits per heavy atom. The fraction of sp³-hybridized carbons (Fsp3) is 1.00. The molecular formula is C10H23NO2. The van der Waals surface area contributed by atoms with Crippen LogP contribution in [0.3, 0.4) is 0 Å². The summed E-state index contributed by atoms with van der Waals surface area (Å²) in [6, 6.07) is 0. The molecule has 0 aliphatic rings. The number of hydrogen-bond acceptors (Lipinski definition) is 3. The maximum absolute atomic E-state index is 5.79. The van der Waals surface area contributed by atoms with Crippen molar-refractivity contribution in [3.8, 4) is 0 Å². The second-order valence-electron chi connectivity index (χ2n) is 4.48. The second-order valence-corrected chi connectivity index (χ2v) is 4.48.